The van der Waals surface area contributed by atoms with Gasteiger partial charge in [0.05, 0.1) is 18.4 Å². The molecule has 3 N–H and O–H groups in total. The van der Waals surface area contributed by atoms with Crippen LogP contribution in [0.3, 0.4) is 0 Å². The topological polar surface area (TPSA) is 96.5 Å². The Labute approximate surface area is 186 Å². The van der Waals surface area contributed by atoms with Crippen LogP contribution in [0.15, 0.2) is 78.9 Å². The minimum atomic E-state index is -0.828. The monoisotopic (exact) mass is 431 g/mol. The van der Waals surface area contributed by atoms with Gasteiger partial charge in [-0.3, -0.25) is 14.4 Å². The summed E-state index contributed by atoms with van der Waals surface area (Å²) >= 11 is 0. The SMILES string of the molecule is COc1cccc(CNC(=O)c2ccccc2NC(=O)C(=O)NCCc2ccccc2)c1. The van der Waals surface area contributed by atoms with Crippen LogP contribution in [-0.4, -0.2) is 31.4 Å². The molecule has 0 heterocycles. The summed E-state index contributed by atoms with van der Waals surface area (Å²) in [6, 6.07) is 23.5. The highest BCUT2D eigenvalue weighted by atomic mass is 16.5. The highest BCUT2D eigenvalue weighted by Crippen LogP contribution is 2.16. The lowest BCUT2D eigenvalue weighted by Crippen LogP contribution is -2.37. The number of anilines is 1. The van der Waals surface area contributed by atoms with E-state index in [2.05, 4.69) is 16.0 Å². The number of methoxy groups -OCH3 is 1. The summed E-state index contributed by atoms with van der Waals surface area (Å²) in [7, 11) is 1.58. The van der Waals surface area contributed by atoms with Gasteiger partial charge >= 0.3 is 11.8 Å². The van der Waals surface area contributed by atoms with Crippen LogP contribution in [0.4, 0.5) is 5.69 Å². The fraction of sp³-hybridized carbons (Fsp3) is 0.160. The molecule has 0 bridgehead atoms. The lowest BCUT2D eigenvalue weighted by molar-refractivity contribution is -0.136. The lowest BCUT2D eigenvalue weighted by atomic mass is 10.1. The van der Waals surface area contributed by atoms with Crippen LogP contribution in [-0.2, 0) is 22.6 Å². The smallest absolute Gasteiger partial charge is 0.313 e. The van der Waals surface area contributed by atoms with Gasteiger partial charge in [-0.25, -0.2) is 0 Å². The predicted molar refractivity (Wildman–Crippen MR) is 122 cm³/mol. The molecule has 164 valence electrons. The zero-order valence-corrected chi connectivity index (χ0v) is 17.8. The number of hydrogen-bond donors (Lipinski definition) is 3. The third-order valence-electron chi connectivity index (χ3n) is 4.76. The number of para-hydroxylation sites is 1. The van der Waals surface area contributed by atoms with E-state index in [1.807, 2.05) is 54.6 Å². The number of carbonyl (C=O) groups excluding carboxylic acids is 3. The van der Waals surface area contributed by atoms with Gasteiger partial charge in [-0.15, -0.1) is 0 Å². The van der Waals surface area contributed by atoms with Crippen LogP contribution in [0, 0.1) is 0 Å². The third-order valence-corrected chi connectivity index (χ3v) is 4.76. The zero-order chi connectivity index (χ0) is 22.8. The Balaban J connectivity index is 1.55. The Hall–Kier alpha value is -4.13. The molecule has 7 heteroatoms. The molecule has 0 atom stereocenters. The van der Waals surface area contributed by atoms with Crippen molar-refractivity contribution in [1.82, 2.24) is 10.6 Å². The van der Waals surface area contributed by atoms with Crippen molar-refractivity contribution in [2.75, 3.05) is 19.0 Å². The maximum atomic E-state index is 12.7. The van der Waals surface area contributed by atoms with Crippen molar-refractivity contribution in [3.8, 4) is 5.75 Å². The minimum Gasteiger partial charge on any atom is -0.497 e. The van der Waals surface area contributed by atoms with Gasteiger partial charge in [0.2, 0.25) is 0 Å². The molecular formula is C25H25N3O4. The molecule has 0 aliphatic heterocycles. The number of nitrogens with one attached hydrogen (secondary N) is 3. The average molecular weight is 431 g/mol. The molecule has 0 fully saturated rings. The Bertz CT molecular complexity index is 1080. The first-order valence-electron chi connectivity index (χ1n) is 10.2. The Morgan fingerprint density at radius 1 is 0.781 bits per heavy atom. The van der Waals surface area contributed by atoms with E-state index >= 15 is 0 Å². The highest BCUT2D eigenvalue weighted by Gasteiger charge is 2.17. The molecule has 0 radical (unpaired) electrons. The van der Waals surface area contributed by atoms with E-state index in [0.29, 0.717) is 18.7 Å². The number of rotatable bonds is 8. The van der Waals surface area contributed by atoms with E-state index in [0.717, 1.165) is 11.1 Å². The second-order valence-electron chi connectivity index (χ2n) is 7.03. The highest BCUT2D eigenvalue weighted by molar-refractivity contribution is 6.40. The second kappa shape index (κ2) is 11.3. The van der Waals surface area contributed by atoms with E-state index in [4.69, 9.17) is 4.74 Å². The maximum Gasteiger partial charge on any atom is 0.313 e. The van der Waals surface area contributed by atoms with Crippen molar-refractivity contribution in [2.45, 2.75) is 13.0 Å². The number of carbonyl (C=O) groups is 3. The van der Waals surface area contributed by atoms with Crippen molar-refractivity contribution in [2.24, 2.45) is 0 Å². The van der Waals surface area contributed by atoms with Crippen LogP contribution in [0.5, 0.6) is 5.75 Å². The van der Waals surface area contributed by atoms with Gasteiger partial charge in [0.15, 0.2) is 0 Å². The first-order valence-corrected chi connectivity index (χ1v) is 10.2. The molecule has 0 aliphatic rings. The van der Waals surface area contributed by atoms with Gasteiger partial charge in [0, 0.05) is 13.1 Å². The van der Waals surface area contributed by atoms with Crippen molar-refractivity contribution < 1.29 is 19.1 Å². The van der Waals surface area contributed by atoms with Gasteiger partial charge in [0.1, 0.15) is 5.75 Å². The van der Waals surface area contributed by atoms with Crippen molar-refractivity contribution in [3.05, 3.63) is 95.6 Å². The van der Waals surface area contributed by atoms with Crippen LogP contribution in [0.2, 0.25) is 0 Å². The van der Waals surface area contributed by atoms with Crippen molar-refractivity contribution in [1.29, 1.82) is 0 Å². The van der Waals surface area contributed by atoms with Gasteiger partial charge in [-0.05, 0) is 41.8 Å². The third kappa shape index (κ3) is 6.43. The lowest BCUT2D eigenvalue weighted by Gasteiger charge is -2.12. The number of ether oxygens (including phenoxy) is 1. The summed E-state index contributed by atoms with van der Waals surface area (Å²) in [5, 5.41) is 7.93. The molecule has 0 saturated heterocycles. The molecule has 0 aliphatic carbocycles. The van der Waals surface area contributed by atoms with Crippen LogP contribution < -0.4 is 20.7 Å². The van der Waals surface area contributed by atoms with Gasteiger partial charge in [-0.1, -0.05) is 54.6 Å². The normalized spacial score (nSPS) is 10.2. The van der Waals surface area contributed by atoms with E-state index in [1.54, 1.807) is 31.4 Å². The van der Waals surface area contributed by atoms with E-state index in [-0.39, 0.29) is 23.7 Å². The van der Waals surface area contributed by atoms with Crippen LogP contribution in [0.25, 0.3) is 0 Å². The largest absolute Gasteiger partial charge is 0.497 e. The van der Waals surface area contributed by atoms with Gasteiger partial charge in [-0.2, -0.15) is 0 Å². The molecule has 0 saturated carbocycles. The number of benzene rings is 3. The first kappa shape index (κ1) is 22.6. The molecule has 0 spiro atoms. The quantitative estimate of drug-likeness (QED) is 0.478. The summed E-state index contributed by atoms with van der Waals surface area (Å²) in [6.07, 6.45) is 0.614. The fourth-order valence-electron chi connectivity index (χ4n) is 3.07. The van der Waals surface area contributed by atoms with Crippen LogP contribution in [0.1, 0.15) is 21.5 Å². The second-order valence-corrected chi connectivity index (χ2v) is 7.03. The average Bonchev–Trinajstić information content (AvgIpc) is 2.83. The molecule has 0 unspecified atom stereocenters. The van der Waals surface area contributed by atoms with Crippen molar-refractivity contribution in [3.63, 3.8) is 0 Å². The number of hydrogen-bond acceptors (Lipinski definition) is 4. The Morgan fingerprint density at radius 3 is 2.28 bits per heavy atom. The molecule has 0 aromatic heterocycles. The van der Waals surface area contributed by atoms with Crippen molar-refractivity contribution >= 4 is 23.4 Å². The summed E-state index contributed by atoms with van der Waals surface area (Å²) in [5.41, 5.74) is 2.46. The fourth-order valence-corrected chi connectivity index (χ4v) is 3.07. The summed E-state index contributed by atoms with van der Waals surface area (Å²) in [6.45, 7) is 0.622. The summed E-state index contributed by atoms with van der Waals surface area (Å²) in [4.78, 5) is 37.1. The predicted octanol–water partition coefficient (Wildman–Crippen LogP) is 2.92. The molecule has 32 heavy (non-hydrogen) atoms. The molecular weight excluding hydrogens is 406 g/mol. The molecule has 7 nitrogen and oxygen atoms in total. The molecule has 3 aromatic carbocycles. The van der Waals surface area contributed by atoms with Crippen LogP contribution >= 0.6 is 0 Å². The van der Waals surface area contributed by atoms with E-state index in [9.17, 15) is 14.4 Å². The Kier molecular flexibility index (Phi) is 7.97. The van der Waals surface area contributed by atoms with E-state index in [1.165, 1.54) is 0 Å². The summed E-state index contributed by atoms with van der Waals surface area (Å²) in [5.74, 6) is -1.26. The molecule has 3 aromatic rings. The zero-order valence-electron chi connectivity index (χ0n) is 17.8. The van der Waals surface area contributed by atoms with Gasteiger partial charge < -0.3 is 20.7 Å². The van der Waals surface area contributed by atoms with E-state index < -0.39 is 11.8 Å². The first-order chi connectivity index (χ1) is 15.6. The molecule has 3 amide bonds. The maximum absolute atomic E-state index is 12.7. The molecule has 3 rings (SSSR count). The standard InChI is InChI=1S/C25H25N3O4/c1-32-20-11-7-10-19(16-20)17-27-23(29)21-12-5-6-13-22(21)28-25(31)24(30)26-15-14-18-8-3-2-4-9-18/h2-13,16H,14-15,17H2,1H3,(H,26,30)(H,27,29)(H,28,31). The summed E-state index contributed by atoms with van der Waals surface area (Å²) < 4.78 is 5.19. The number of amides is 3. The van der Waals surface area contributed by atoms with Gasteiger partial charge in [0.25, 0.3) is 5.91 Å². The Morgan fingerprint density at radius 2 is 1.50 bits per heavy atom. The minimum absolute atomic E-state index is 0.263.